The van der Waals surface area contributed by atoms with Gasteiger partial charge in [0.15, 0.2) is 0 Å². The zero-order chi connectivity index (χ0) is 16.2. The van der Waals surface area contributed by atoms with Crippen molar-refractivity contribution >= 4 is 11.8 Å². The fourth-order valence-electron chi connectivity index (χ4n) is 3.91. The van der Waals surface area contributed by atoms with Crippen molar-refractivity contribution in [3.63, 3.8) is 0 Å². The fraction of sp³-hybridized carbons (Fsp3) is 0.647. The van der Waals surface area contributed by atoms with Gasteiger partial charge in [0.2, 0.25) is 11.8 Å². The van der Waals surface area contributed by atoms with Crippen LogP contribution in [0.5, 0.6) is 0 Å². The molecular formula is C17H25N3O3. The van der Waals surface area contributed by atoms with Crippen LogP contribution >= 0.6 is 0 Å². The summed E-state index contributed by atoms with van der Waals surface area (Å²) in [5, 5.41) is 2.90. The lowest BCUT2D eigenvalue weighted by Crippen LogP contribution is -2.50. The first kappa shape index (κ1) is 16.1. The Morgan fingerprint density at radius 2 is 2.04 bits per heavy atom. The van der Waals surface area contributed by atoms with Crippen LogP contribution < -0.4 is 5.32 Å². The molecule has 3 heterocycles. The summed E-state index contributed by atoms with van der Waals surface area (Å²) in [6.45, 7) is 4.25. The van der Waals surface area contributed by atoms with E-state index in [2.05, 4.69) is 10.2 Å². The number of nitrogens with zero attached hydrogens (tertiary/aromatic N) is 2. The summed E-state index contributed by atoms with van der Waals surface area (Å²) in [5.41, 5.74) is 0. The first-order valence-electron chi connectivity index (χ1n) is 8.45. The minimum atomic E-state index is 0.0145. The Hall–Kier alpha value is -1.82. The van der Waals surface area contributed by atoms with E-state index in [-0.39, 0.29) is 17.9 Å². The maximum Gasteiger partial charge on any atom is 0.234 e. The van der Waals surface area contributed by atoms with Gasteiger partial charge >= 0.3 is 0 Å². The largest absolute Gasteiger partial charge is 0.467 e. The number of amides is 2. The molecule has 2 saturated heterocycles. The fourth-order valence-corrected chi connectivity index (χ4v) is 3.91. The Balaban J connectivity index is 1.54. The Morgan fingerprint density at radius 1 is 1.26 bits per heavy atom. The van der Waals surface area contributed by atoms with Crippen molar-refractivity contribution in [1.29, 1.82) is 0 Å². The van der Waals surface area contributed by atoms with Crippen molar-refractivity contribution < 1.29 is 14.0 Å². The summed E-state index contributed by atoms with van der Waals surface area (Å²) in [6, 6.07) is 4.25. The SMILES string of the molecule is CC(=O)N1CCC[C@@H]1[C@@H]1CCCN1CC(=O)NCc1ccco1. The molecule has 0 saturated carbocycles. The lowest BCUT2D eigenvalue weighted by molar-refractivity contribution is -0.130. The summed E-state index contributed by atoms with van der Waals surface area (Å²) in [7, 11) is 0. The molecule has 2 aliphatic heterocycles. The van der Waals surface area contributed by atoms with Crippen molar-refractivity contribution in [3.8, 4) is 0 Å². The highest BCUT2D eigenvalue weighted by molar-refractivity contribution is 5.78. The van der Waals surface area contributed by atoms with Crippen LogP contribution in [-0.4, -0.2) is 53.3 Å². The molecule has 23 heavy (non-hydrogen) atoms. The molecule has 6 nitrogen and oxygen atoms in total. The van der Waals surface area contributed by atoms with Crippen molar-refractivity contribution in [2.75, 3.05) is 19.6 Å². The average molecular weight is 319 g/mol. The third-order valence-corrected chi connectivity index (χ3v) is 4.95. The van der Waals surface area contributed by atoms with E-state index in [0.29, 0.717) is 19.1 Å². The molecule has 126 valence electrons. The molecule has 3 rings (SSSR count). The van der Waals surface area contributed by atoms with E-state index in [0.717, 1.165) is 44.5 Å². The molecule has 0 bridgehead atoms. The maximum atomic E-state index is 12.2. The van der Waals surface area contributed by atoms with Gasteiger partial charge in [0.1, 0.15) is 5.76 Å². The minimum Gasteiger partial charge on any atom is -0.467 e. The molecule has 1 aromatic heterocycles. The molecule has 2 aliphatic rings. The molecule has 0 aromatic carbocycles. The molecule has 1 N–H and O–H groups in total. The quantitative estimate of drug-likeness (QED) is 0.890. The van der Waals surface area contributed by atoms with E-state index >= 15 is 0 Å². The standard InChI is InChI=1S/C17H25N3O3/c1-13(21)20-9-3-7-16(20)15-6-2-8-19(15)12-17(22)18-11-14-5-4-10-23-14/h4-5,10,15-16H,2-3,6-9,11-12H2,1H3,(H,18,22)/t15-,16+/m0/s1. The van der Waals surface area contributed by atoms with Crippen LogP contribution in [0.3, 0.4) is 0 Å². The van der Waals surface area contributed by atoms with Crippen LogP contribution in [0.25, 0.3) is 0 Å². The monoisotopic (exact) mass is 319 g/mol. The molecular weight excluding hydrogens is 294 g/mol. The van der Waals surface area contributed by atoms with Crippen LogP contribution in [0.2, 0.25) is 0 Å². The van der Waals surface area contributed by atoms with E-state index in [1.165, 1.54) is 0 Å². The Morgan fingerprint density at radius 3 is 2.78 bits per heavy atom. The van der Waals surface area contributed by atoms with Crippen LogP contribution in [-0.2, 0) is 16.1 Å². The van der Waals surface area contributed by atoms with Gasteiger partial charge in [-0.25, -0.2) is 0 Å². The number of carbonyl (C=O) groups is 2. The molecule has 2 fully saturated rings. The number of furan rings is 1. The molecule has 0 spiro atoms. The predicted molar refractivity (Wildman–Crippen MR) is 85.6 cm³/mol. The van der Waals surface area contributed by atoms with Crippen molar-refractivity contribution in [2.45, 2.75) is 51.2 Å². The third kappa shape index (κ3) is 3.75. The van der Waals surface area contributed by atoms with Crippen LogP contribution in [0.1, 0.15) is 38.4 Å². The predicted octanol–water partition coefficient (Wildman–Crippen LogP) is 1.37. The third-order valence-electron chi connectivity index (χ3n) is 4.95. The molecule has 0 radical (unpaired) electrons. The number of rotatable bonds is 5. The van der Waals surface area contributed by atoms with Gasteiger partial charge in [0.05, 0.1) is 19.4 Å². The molecule has 2 atom stereocenters. The van der Waals surface area contributed by atoms with Gasteiger partial charge in [-0.2, -0.15) is 0 Å². The van der Waals surface area contributed by atoms with Gasteiger partial charge < -0.3 is 14.6 Å². The van der Waals surface area contributed by atoms with Crippen molar-refractivity contribution in [2.24, 2.45) is 0 Å². The first-order chi connectivity index (χ1) is 11.1. The van der Waals surface area contributed by atoms with Crippen LogP contribution in [0.4, 0.5) is 0 Å². The summed E-state index contributed by atoms with van der Waals surface area (Å²) >= 11 is 0. The second kappa shape index (κ2) is 7.17. The molecule has 1 aromatic rings. The van der Waals surface area contributed by atoms with E-state index in [1.807, 2.05) is 17.0 Å². The summed E-state index contributed by atoms with van der Waals surface area (Å²) in [5.74, 6) is 0.928. The van der Waals surface area contributed by atoms with Gasteiger partial charge in [-0.3, -0.25) is 14.5 Å². The number of likely N-dealkylation sites (tertiary alicyclic amines) is 2. The Labute approximate surface area is 136 Å². The van der Waals surface area contributed by atoms with E-state index in [4.69, 9.17) is 4.42 Å². The molecule has 0 unspecified atom stereocenters. The van der Waals surface area contributed by atoms with Crippen molar-refractivity contribution in [3.05, 3.63) is 24.2 Å². The van der Waals surface area contributed by atoms with Gasteiger partial charge in [-0.05, 0) is 44.4 Å². The molecule has 6 heteroatoms. The van der Waals surface area contributed by atoms with Crippen LogP contribution in [0, 0.1) is 0 Å². The first-order valence-corrected chi connectivity index (χ1v) is 8.45. The van der Waals surface area contributed by atoms with Gasteiger partial charge in [-0.1, -0.05) is 0 Å². The highest BCUT2D eigenvalue weighted by atomic mass is 16.3. The zero-order valence-corrected chi connectivity index (χ0v) is 13.7. The maximum absolute atomic E-state index is 12.2. The normalized spacial score (nSPS) is 25.0. The number of carbonyl (C=O) groups excluding carboxylic acids is 2. The topological polar surface area (TPSA) is 65.8 Å². The van der Waals surface area contributed by atoms with Gasteiger partial charge in [-0.15, -0.1) is 0 Å². The van der Waals surface area contributed by atoms with E-state index in [9.17, 15) is 9.59 Å². The lowest BCUT2D eigenvalue weighted by Gasteiger charge is -2.34. The minimum absolute atomic E-state index is 0.0145. The van der Waals surface area contributed by atoms with Crippen LogP contribution in [0.15, 0.2) is 22.8 Å². The van der Waals surface area contributed by atoms with Crippen molar-refractivity contribution in [1.82, 2.24) is 15.1 Å². The zero-order valence-electron chi connectivity index (χ0n) is 13.7. The number of hydrogen-bond donors (Lipinski definition) is 1. The summed E-state index contributed by atoms with van der Waals surface area (Å²) < 4.78 is 5.22. The number of nitrogens with one attached hydrogen (secondary N) is 1. The summed E-state index contributed by atoms with van der Waals surface area (Å²) in [6.07, 6.45) is 5.89. The smallest absolute Gasteiger partial charge is 0.234 e. The summed E-state index contributed by atoms with van der Waals surface area (Å²) in [4.78, 5) is 28.2. The highest BCUT2D eigenvalue weighted by Gasteiger charge is 2.39. The Kier molecular flexibility index (Phi) is 5.00. The number of hydrogen-bond acceptors (Lipinski definition) is 4. The Bertz CT molecular complexity index is 543. The second-order valence-corrected chi connectivity index (χ2v) is 6.46. The van der Waals surface area contributed by atoms with Gasteiger partial charge in [0.25, 0.3) is 0 Å². The van der Waals surface area contributed by atoms with Gasteiger partial charge in [0, 0.05) is 25.6 Å². The molecule has 0 aliphatic carbocycles. The lowest BCUT2D eigenvalue weighted by atomic mass is 10.0. The van der Waals surface area contributed by atoms with E-state index < -0.39 is 0 Å². The van der Waals surface area contributed by atoms with E-state index in [1.54, 1.807) is 13.2 Å². The second-order valence-electron chi connectivity index (χ2n) is 6.46. The average Bonchev–Trinajstić information content (AvgIpc) is 3.25. The highest BCUT2D eigenvalue weighted by Crippen LogP contribution is 2.29. The molecule has 2 amide bonds.